The van der Waals surface area contributed by atoms with Crippen LogP contribution in [0.4, 0.5) is 0 Å². The minimum Gasteiger partial charge on any atom is -0.349 e. The lowest BCUT2D eigenvalue weighted by Crippen LogP contribution is -2.45. The van der Waals surface area contributed by atoms with Crippen LogP contribution in [0.15, 0.2) is 102 Å². The van der Waals surface area contributed by atoms with Crippen molar-refractivity contribution in [3.63, 3.8) is 0 Å². The molecule has 1 fully saturated rings. The van der Waals surface area contributed by atoms with Gasteiger partial charge in [0.2, 0.25) is 0 Å². The van der Waals surface area contributed by atoms with Gasteiger partial charge in [-0.25, -0.2) is 0 Å². The number of thiophene rings is 1. The van der Waals surface area contributed by atoms with E-state index in [1.54, 1.807) is 11.3 Å². The second-order valence-electron chi connectivity index (χ2n) is 9.69. The van der Waals surface area contributed by atoms with Crippen molar-refractivity contribution in [1.29, 1.82) is 0 Å². The SMILES string of the molecule is O=C(NC1CCN(CCC(c2ccccc2)c2ccccc2)CC1)c1ccccc1C=Cc1cccs1. The van der Waals surface area contributed by atoms with E-state index in [9.17, 15) is 4.79 Å². The fraction of sp³-hybridized carbons (Fsp3) is 0.242. The van der Waals surface area contributed by atoms with E-state index in [-0.39, 0.29) is 11.9 Å². The van der Waals surface area contributed by atoms with Crippen LogP contribution in [-0.4, -0.2) is 36.5 Å². The molecule has 1 aromatic heterocycles. The summed E-state index contributed by atoms with van der Waals surface area (Å²) < 4.78 is 0. The standard InChI is InChI=1S/C33H34N2OS/c36-33(32-16-8-7-14-28(32)17-18-30-15-9-25-37-30)34-29-19-22-35(23-20-29)24-21-31(26-10-3-1-4-11-26)27-12-5-2-6-13-27/h1-18,25,29,31H,19-24H2,(H,34,36). The monoisotopic (exact) mass is 506 g/mol. The smallest absolute Gasteiger partial charge is 0.252 e. The third-order valence-electron chi connectivity index (χ3n) is 7.24. The first-order chi connectivity index (χ1) is 18.3. The molecular formula is C33H34N2OS. The van der Waals surface area contributed by atoms with Gasteiger partial charge in [0.15, 0.2) is 0 Å². The molecule has 1 saturated heterocycles. The molecule has 3 aromatic carbocycles. The summed E-state index contributed by atoms with van der Waals surface area (Å²) in [7, 11) is 0. The summed E-state index contributed by atoms with van der Waals surface area (Å²) in [6.07, 6.45) is 7.18. The number of carbonyl (C=O) groups excluding carboxylic acids is 1. The van der Waals surface area contributed by atoms with E-state index in [1.165, 1.54) is 16.0 Å². The van der Waals surface area contributed by atoms with E-state index in [0.29, 0.717) is 5.92 Å². The molecule has 1 aliphatic heterocycles. The molecule has 0 saturated carbocycles. The number of nitrogens with one attached hydrogen (secondary N) is 1. The van der Waals surface area contributed by atoms with Crippen LogP contribution in [0.3, 0.4) is 0 Å². The highest BCUT2D eigenvalue weighted by atomic mass is 32.1. The fourth-order valence-electron chi connectivity index (χ4n) is 5.18. The lowest BCUT2D eigenvalue weighted by molar-refractivity contribution is 0.0910. The minimum absolute atomic E-state index is 0.0260. The van der Waals surface area contributed by atoms with E-state index >= 15 is 0 Å². The highest BCUT2D eigenvalue weighted by Crippen LogP contribution is 2.28. The summed E-state index contributed by atoms with van der Waals surface area (Å²) in [6.45, 7) is 3.09. The van der Waals surface area contributed by atoms with Gasteiger partial charge in [-0.2, -0.15) is 0 Å². The fourth-order valence-corrected chi connectivity index (χ4v) is 5.80. The number of hydrogen-bond acceptors (Lipinski definition) is 3. The molecule has 1 N–H and O–H groups in total. The molecule has 4 heteroatoms. The van der Waals surface area contributed by atoms with Crippen LogP contribution in [0.5, 0.6) is 0 Å². The van der Waals surface area contributed by atoms with E-state index in [4.69, 9.17) is 0 Å². The maximum Gasteiger partial charge on any atom is 0.252 e. The van der Waals surface area contributed by atoms with Gasteiger partial charge in [-0.05, 0) is 66.1 Å². The van der Waals surface area contributed by atoms with Gasteiger partial charge in [0.1, 0.15) is 0 Å². The molecular weight excluding hydrogens is 472 g/mol. The van der Waals surface area contributed by atoms with E-state index in [0.717, 1.165) is 50.0 Å². The highest BCUT2D eigenvalue weighted by molar-refractivity contribution is 7.10. The van der Waals surface area contributed by atoms with Crippen molar-refractivity contribution in [2.24, 2.45) is 0 Å². The normalized spacial score (nSPS) is 14.8. The second-order valence-corrected chi connectivity index (χ2v) is 10.7. The van der Waals surface area contributed by atoms with Gasteiger partial charge in [0, 0.05) is 35.5 Å². The average molecular weight is 507 g/mol. The van der Waals surface area contributed by atoms with Crippen molar-refractivity contribution in [3.8, 4) is 0 Å². The molecule has 37 heavy (non-hydrogen) atoms. The number of likely N-dealkylation sites (tertiary alicyclic amines) is 1. The Balaban J connectivity index is 1.15. The van der Waals surface area contributed by atoms with Crippen LogP contribution in [0.1, 0.15) is 57.1 Å². The Labute approximate surface area is 224 Å². The van der Waals surface area contributed by atoms with Crippen molar-refractivity contribution < 1.29 is 4.79 Å². The largest absolute Gasteiger partial charge is 0.349 e. The summed E-state index contributed by atoms with van der Waals surface area (Å²) in [5.74, 6) is 0.427. The lowest BCUT2D eigenvalue weighted by atomic mass is 9.88. The third kappa shape index (κ3) is 6.85. The van der Waals surface area contributed by atoms with Gasteiger partial charge in [-0.3, -0.25) is 4.79 Å². The Bertz CT molecular complexity index is 1240. The Morgan fingerprint density at radius 2 is 1.49 bits per heavy atom. The van der Waals surface area contributed by atoms with Crippen LogP contribution >= 0.6 is 11.3 Å². The minimum atomic E-state index is 0.0260. The number of benzene rings is 3. The van der Waals surface area contributed by atoms with Crippen LogP contribution in [0.2, 0.25) is 0 Å². The van der Waals surface area contributed by atoms with Crippen LogP contribution < -0.4 is 5.32 Å². The quantitative estimate of drug-likeness (QED) is 0.258. The summed E-state index contributed by atoms with van der Waals surface area (Å²) in [5, 5.41) is 5.37. The number of nitrogens with zero attached hydrogens (tertiary/aromatic N) is 1. The van der Waals surface area contributed by atoms with Gasteiger partial charge in [-0.1, -0.05) is 91.0 Å². The molecule has 4 aromatic rings. The zero-order valence-corrected chi connectivity index (χ0v) is 21.9. The van der Waals surface area contributed by atoms with Crippen molar-refractivity contribution in [2.45, 2.75) is 31.2 Å². The van der Waals surface area contributed by atoms with Crippen molar-refractivity contribution in [3.05, 3.63) is 130 Å². The number of carbonyl (C=O) groups is 1. The first kappa shape index (κ1) is 25.2. The second kappa shape index (κ2) is 12.7. The van der Waals surface area contributed by atoms with Crippen LogP contribution in [0, 0.1) is 0 Å². The molecule has 0 spiro atoms. The third-order valence-corrected chi connectivity index (χ3v) is 8.07. The molecule has 0 radical (unpaired) electrons. The highest BCUT2D eigenvalue weighted by Gasteiger charge is 2.23. The summed E-state index contributed by atoms with van der Waals surface area (Å²) >= 11 is 1.70. The van der Waals surface area contributed by atoms with Gasteiger partial charge >= 0.3 is 0 Å². The van der Waals surface area contributed by atoms with Gasteiger partial charge in [0.05, 0.1) is 0 Å². The summed E-state index contributed by atoms with van der Waals surface area (Å²) in [4.78, 5) is 16.9. The molecule has 0 aliphatic carbocycles. The molecule has 0 unspecified atom stereocenters. The van der Waals surface area contributed by atoms with Crippen molar-refractivity contribution in [2.75, 3.05) is 19.6 Å². The first-order valence-electron chi connectivity index (χ1n) is 13.2. The van der Waals surface area contributed by atoms with Crippen molar-refractivity contribution >= 4 is 29.4 Å². The van der Waals surface area contributed by atoms with Crippen molar-refractivity contribution in [1.82, 2.24) is 10.2 Å². The zero-order chi connectivity index (χ0) is 25.3. The number of rotatable bonds is 9. The van der Waals surface area contributed by atoms with Crippen LogP contribution in [-0.2, 0) is 0 Å². The molecule has 1 amide bonds. The maximum atomic E-state index is 13.1. The molecule has 2 heterocycles. The average Bonchev–Trinajstić information content (AvgIpc) is 3.48. The first-order valence-corrected chi connectivity index (χ1v) is 14.1. The topological polar surface area (TPSA) is 32.3 Å². The van der Waals surface area contributed by atoms with Gasteiger partial charge in [0.25, 0.3) is 5.91 Å². The predicted molar refractivity (Wildman–Crippen MR) is 156 cm³/mol. The lowest BCUT2D eigenvalue weighted by Gasteiger charge is -2.33. The van der Waals surface area contributed by atoms with E-state index in [1.807, 2.05) is 36.4 Å². The Morgan fingerprint density at radius 1 is 0.838 bits per heavy atom. The number of amides is 1. The summed E-state index contributed by atoms with van der Waals surface area (Å²) in [5.41, 5.74) is 4.45. The van der Waals surface area contributed by atoms with Crippen LogP contribution in [0.25, 0.3) is 12.2 Å². The predicted octanol–water partition coefficient (Wildman–Crippen LogP) is 7.33. The molecule has 1 aliphatic rings. The van der Waals surface area contributed by atoms with E-state index in [2.05, 4.69) is 88.4 Å². The van der Waals surface area contributed by atoms with Gasteiger partial charge < -0.3 is 10.2 Å². The number of piperidine rings is 1. The zero-order valence-electron chi connectivity index (χ0n) is 21.1. The van der Waals surface area contributed by atoms with Gasteiger partial charge in [-0.15, -0.1) is 11.3 Å². The Hall–Kier alpha value is -3.47. The molecule has 3 nitrogen and oxygen atoms in total. The Morgan fingerprint density at radius 3 is 2.14 bits per heavy atom. The molecule has 188 valence electrons. The van der Waals surface area contributed by atoms with E-state index < -0.39 is 0 Å². The molecule has 0 atom stereocenters. The number of hydrogen-bond donors (Lipinski definition) is 1. The summed E-state index contributed by atoms with van der Waals surface area (Å²) in [6, 6.07) is 33.9. The maximum absolute atomic E-state index is 13.1. The Kier molecular flexibility index (Phi) is 8.62. The molecule has 0 bridgehead atoms. The molecule has 5 rings (SSSR count).